The molecule has 2 nitrogen and oxygen atoms in total. The van der Waals surface area contributed by atoms with E-state index in [-0.39, 0.29) is 5.56 Å². The van der Waals surface area contributed by atoms with Crippen LogP contribution in [0.3, 0.4) is 0 Å². The van der Waals surface area contributed by atoms with Crippen LogP contribution in [0.4, 0.5) is 4.39 Å². The number of ketones is 1. The fourth-order valence-electron chi connectivity index (χ4n) is 0.856. The molecule has 4 heteroatoms. The minimum atomic E-state index is -0.982. The molecule has 0 spiro atoms. The lowest BCUT2D eigenvalue weighted by atomic mass is 10.1. The summed E-state index contributed by atoms with van der Waals surface area (Å²) in [4.78, 5) is 10.3. The molecule has 0 radical (unpaired) electrons. The summed E-state index contributed by atoms with van der Waals surface area (Å²) < 4.78 is 13.0. The Hall–Kier alpha value is -1.21. The predicted molar refractivity (Wildman–Crippen MR) is 49.1 cm³/mol. The van der Waals surface area contributed by atoms with Crippen LogP contribution in [0.25, 0.3) is 0 Å². The molecule has 13 heavy (non-hydrogen) atoms. The maximum atomic E-state index is 13.0. The van der Waals surface area contributed by atoms with Gasteiger partial charge >= 0.3 is 0 Å². The number of Topliss-reactive ketones (excluding diaryl/α,β-unsaturated/α-hetero) is 1. The number of alkyl halides is 1. The first-order valence-corrected chi connectivity index (χ1v) is 4.41. The summed E-state index contributed by atoms with van der Waals surface area (Å²) >= 11 is 2.84. The van der Waals surface area contributed by atoms with E-state index in [9.17, 15) is 9.18 Å². The molecule has 1 aromatic rings. The third-order valence-corrected chi connectivity index (χ3v) is 2.10. The maximum absolute atomic E-state index is 13.0. The van der Waals surface area contributed by atoms with Gasteiger partial charge in [-0.3, -0.25) is 4.79 Å². The summed E-state index contributed by atoms with van der Waals surface area (Å²) in [6.07, 6.45) is 0. The van der Waals surface area contributed by atoms with Crippen molar-refractivity contribution in [3.63, 3.8) is 0 Å². The van der Waals surface area contributed by atoms with Crippen molar-refractivity contribution in [1.82, 2.24) is 0 Å². The molecule has 1 aromatic carbocycles. The second-order valence-electron chi connectivity index (χ2n) is 2.34. The molecule has 0 aromatic heterocycles. The van der Waals surface area contributed by atoms with Crippen LogP contribution in [0.15, 0.2) is 24.3 Å². The molecular formula is C9H5BrFNO. The molecule has 1 unspecified atom stereocenters. The van der Waals surface area contributed by atoms with E-state index in [1.54, 1.807) is 12.1 Å². The van der Waals surface area contributed by atoms with Gasteiger partial charge in [0, 0.05) is 0 Å². The molecule has 0 aliphatic rings. The Balaban J connectivity index is 3.04. The Kier molecular flexibility index (Phi) is 3.15. The predicted octanol–water partition coefficient (Wildman–Crippen LogP) is 2.30. The van der Waals surface area contributed by atoms with E-state index in [2.05, 4.69) is 15.9 Å². The van der Waals surface area contributed by atoms with Gasteiger partial charge in [0.2, 0.25) is 0 Å². The number of carbonyl (C=O) groups excluding carboxylic acids is 1. The van der Waals surface area contributed by atoms with Gasteiger partial charge in [-0.2, -0.15) is 5.26 Å². The number of hydrogen-bond acceptors (Lipinski definition) is 2. The first-order chi connectivity index (χ1) is 6.16. The zero-order chi connectivity index (χ0) is 9.84. The van der Waals surface area contributed by atoms with Crippen molar-refractivity contribution in [2.75, 3.05) is 0 Å². The van der Waals surface area contributed by atoms with Gasteiger partial charge in [0.15, 0.2) is 10.6 Å². The van der Waals surface area contributed by atoms with E-state index < -0.39 is 16.4 Å². The van der Waals surface area contributed by atoms with Gasteiger partial charge < -0.3 is 0 Å². The van der Waals surface area contributed by atoms with Crippen LogP contribution in [-0.4, -0.2) is 10.6 Å². The van der Waals surface area contributed by atoms with Crippen molar-refractivity contribution in [1.29, 1.82) is 5.26 Å². The molecule has 1 rings (SSSR count). The highest BCUT2D eigenvalue weighted by molar-refractivity contribution is 9.10. The number of nitriles is 1. The quantitative estimate of drug-likeness (QED) is 0.589. The number of halogens is 2. The van der Waals surface area contributed by atoms with Gasteiger partial charge in [-0.05, 0) is 12.1 Å². The minimum Gasteiger partial charge on any atom is -0.292 e. The van der Waals surface area contributed by atoms with E-state index in [0.29, 0.717) is 0 Å². The minimum absolute atomic E-state index is 0.0640. The summed E-state index contributed by atoms with van der Waals surface area (Å²) in [5, 5.41) is 8.42. The van der Waals surface area contributed by atoms with Crippen molar-refractivity contribution in [3.8, 4) is 6.07 Å². The summed E-state index contributed by atoms with van der Waals surface area (Å²) in [6, 6.07) is 7.26. The molecule has 66 valence electrons. The van der Waals surface area contributed by atoms with Crippen LogP contribution in [0.1, 0.15) is 10.4 Å². The first kappa shape index (κ1) is 9.87. The highest BCUT2D eigenvalue weighted by Crippen LogP contribution is 2.12. The molecule has 0 N–H and O–H groups in total. The molecule has 0 bridgehead atoms. The average Bonchev–Trinajstić information content (AvgIpc) is 2.16. The third-order valence-electron chi connectivity index (χ3n) is 1.48. The third kappa shape index (κ3) is 2.13. The Morgan fingerprint density at radius 1 is 1.54 bits per heavy atom. The number of hydrogen-bond donors (Lipinski definition) is 0. The summed E-state index contributed by atoms with van der Waals surface area (Å²) in [7, 11) is 0. The van der Waals surface area contributed by atoms with Crippen LogP contribution in [0.5, 0.6) is 0 Å². The molecule has 0 aliphatic carbocycles. The van der Waals surface area contributed by atoms with Crippen molar-refractivity contribution in [2.24, 2.45) is 0 Å². The van der Waals surface area contributed by atoms with Crippen molar-refractivity contribution < 1.29 is 9.18 Å². The lowest BCUT2D eigenvalue weighted by molar-refractivity contribution is 0.100. The van der Waals surface area contributed by atoms with E-state index in [1.165, 1.54) is 18.2 Å². The monoisotopic (exact) mass is 241 g/mol. The fraction of sp³-hybridized carbons (Fsp3) is 0.111. The average molecular weight is 242 g/mol. The van der Waals surface area contributed by atoms with Gasteiger partial charge in [-0.1, -0.05) is 28.1 Å². The van der Waals surface area contributed by atoms with Gasteiger partial charge in [0.1, 0.15) is 5.82 Å². The highest BCUT2D eigenvalue weighted by atomic mass is 79.9. The SMILES string of the molecule is N#CC(Br)C(=O)c1ccccc1F. The number of benzene rings is 1. The van der Waals surface area contributed by atoms with E-state index >= 15 is 0 Å². The number of carbonyl (C=O) groups is 1. The van der Waals surface area contributed by atoms with E-state index in [1.807, 2.05) is 0 Å². The van der Waals surface area contributed by atoms with E-state index in [0.717, 1.165) is 0 Å². The van der Waals surface area contributed by atoms with Gasteiger partial charge in [0.05, 0.1) is 11.6 Å². The number of nitrogens with zero attached hydrogens (tertiary/aromatic N) is 1. The first-order valence-electron chi connectivity index (χ1n) is 3.49. The fourth-order valence-corrected chi connectivity index (χ4v) is 1.10. The van der Waals surface area contributed by atoms with Gasteiger partial charge in [0.25, 0.3) is 0 Å². The standard InChI is InChI=1S/C9H5BrFNO/c10-7(5-12)9(13)6-3-1-2-4-8(6)11/h1-4,7H. The zero-order valence-corrected chi connectivity index (χ0v) is 8.08. The highest BCUT2D eigenvalue weighted by Gasteiger charge is 2.18. The second kappa shape index (κ2) is 4.15. The Morgan fingerprint density at radius 2 is 2.15 bits per heavy atom. The molecular weight excluding hydrogens is 237 g/mol. The van der Waals surface area contributed by atoms with Crippen molar-refractivity contribution in [3.05, 3.63) is 35.6 Å². The molecule has 1 atom stereocenters. The Morgan fingerprint density at radius 3 is 2.69 bits per heavy atom. The summed E-state index contributed by atoms with van der Waals surface area (Å²) in [5.41, 5.74) is -0.0640. The molecule has 0 fully saturated rings. The molecule has 0 amide bonds. The lowest BCUT2D eigenvalue weighted by Gasteiger charge is -2.01. The zero-order valence-electron chi connectivity index (χ0n) is 6.50. The van der Waals surface area contributed by atoms with Crippen LogP contribution in [0.2, 0.25) is 0 Å². The number of rotatable bonds is 2. The molecule has 0 saturated heterocycles. The van der Waals surface area contributed by atoms with Crippen LogP contribution >= 0.6 is 15.9 Å². The van der Waals surface area contributed by atoms with E-state index in [4.69, 9.17) is 5.26 Å². The smallest absolute Gasteiger partial charge is 0.193 e. The van der Waals surface area contributed by atoms with Gasteiger partial charge in [-0.15, -0.1) is 0 Å². The normalized spacial score (nSPS) is 11.8. The maximum Gasteiger partial charge on any atom is 0.193 e. The van der Waals surface area contributed by atoms with Gasteiger partial charge in [-0.25, -0.2) is 4.39 Å². The lowest BCUT2D eigenvalue weighted by Crippen LogP contribution is -2.13. The Labute approximate surface area is 83.1 Å². The largest absolute Gasteiger partial charge is 0.292 e. The second-order valence-corrected chi connectivity index (χ2v) is 3.25. The molecule has 0 aliphatic heterocycles. The topological polar surface area (TPSA) is 40.9 Å². The van der Waals surface area contributed by atoms with Crippen LogP contribution in [-0.2, 0) is 0 Å². The van der Waals surface area contributed by atoms with Crippen molar-refractivity contribution in [2.45, 2.75) is 4.83 Å². The Bertz CT molecular complexity index is 372. The molecule has 0 saturated carbocycles. The van der Waals surface area contributed by atoms with Crippen LogP contribution < -0.4 is 0 Å². The molecule has 0 heterocycles. The summed E-state index contributed by atoms with van der Waals surface area (Å²) in [6.45, 7) is 0. The van der Waals surface area contributed by atoms with Crippen molar-refractivity contribution >= 4 is 21.7 Å². The van der Waals surface area contributed by atoms with Crippen LogP contribution in [0, 0.1) is 17.1 Å². The summed E-state index contributed by atoms with van der Waals surface area (Å²) in [5.74, 6) is -1.16.